The fourth-order valence-electron chi connectivity index (χ4n) is 2.05. The van der Waals surface area contributed by atoms with Crippen molar-refractivity contribution in [2.75, 3.05) is 19.8 Å². The average Bonchev–Trinajstić information content (AvgIpc) is 2.37. The zero-order valence-corrected chi connectivity index (χ0v) is 12.3. The summed E-state index contributed by atoms with van der Waals surface area (Å²) in [6.45, 7) is 7.88. The van der Waals surface area contributed by atoms with E-state index >= 15 is 0 Å². The Hall–Kier alpha value is -1.75. The highest BCUT2D eigenvalue weighted by atomic mass is 16.6. The lowest BCUT2D eigenvalue weighted by molar-refractivity contribution is -0.121. The van der Waals surface area contributed by atoms with Crippen molar-refractivity contribution in [2.24, 2.45) is 0 Å². The zero-order valence-electron chi connectivity index (χ0n) is 12.3. The van der Waals surface area contributed by atoms with E-state index in [-0.39, 0.29) is 18.0 Å². The van der Waals surface area contributed by atoms with E-state index in [1.165, 1.54) is 0 Å². The van der Waals surface area contributed by atoms with Gasteiger partial charge in [0.15, 0.2) is 11.5 Å². The van der Waals surface area contributed by atoms with Gasteiger partial charge in [-0.1, -0.05) is 12.1 Å². The molecule has 110 valence electrons. The molecule has 1 aromatic carbocycles. The number of hydrogen-bond acceptors (Lipinski definition) is 4. The molecule has 1 heterocycles. The van der Waals surface area contributed by atoms with Crippen LogP contribution in [0, 0.1) is 0 Å². The fourth-order valence-corrected chi connectivity index (χ4v) is 2.05. The predicted molar refractivity (Wildman–Crippen MR) is 77.0 cm³/mol. The van der Waals surface area contributed by atoms with E-state index < -0.39 is 0 Å². The normalized spacial score (nSPS) is 13.9. The van der Waals surface area contributed by atoms with Gasteiger partial charge in [-0.05, 0) is 26.8 Å². The Kier molecular flexibility index (Phi) is 4.49. The molecule has 1 amide bonds. The van der Waals surface area contributed by atoms with Gasteiger partial charge in [0, 0.05) is 17.6 Å². The van der Waals surface area contributed by atoms with Gasteiger partial charge >= 0.3 is 0 Å². The molecule has 0 saturated carbocycles. The van der Waals surface area contributed by atoms with Crippen molar-refractivity contribution in [1.82, 2.24) is 10.6 Å². The third-order valence-electron chi connectivity index (χ3n) is 2.76. The quantitative estimate of drug-likeness (QED) is 0.875. The van der Waals surface area contributed by atoms with Crippen molar-refractivity contribution >= 4 is 5.91 Å². The molecular weight excluding hydrogens is 256 g/mol. The van der Waals surface area contributed by atoms with Crippen LogP contribution >= 0.6 is 0 Å². The summed E-state index contributed by atoms with van der Waals surface area (Å²) in [5.74, 6) is 1.54. The van der Waals surface area contributed by atoms with Crippen LogP contribution < -0.4 is 20.1 Å². The third-order valence-corrected chi connectivity index (χ3v) is 2.76. The summed E-state index contributed by atoms with van der Waals surface area (Å²) in [5.41, 5.74) is 0.799. The molecule has 0 fully saturated rings. The smallest absolute Gasteiger partial charge is 0.234 e. The second kappa shape index (κ2) is 6.13. The maximum absolute atomic E-state index is 11.7. The maximum atomic E-state index is 11.7. The van der Waals surface area contributed by atoms with E-state index in [2.05, 4.69) is 10.6 Å². The molecule has 0 atom stereocenters. The number of ether oxygens (including phenoxy) is 2. The van der Waals surface area contributed by atoms with Crippen LogP contribution in [0.4, 0.5) is 0 Å². The topological polar surface area (TPSA) is 59.6 Å². The molecule has 0 bridgehead atoms. The highest BCUT2D eigenvalue weighted by molar-refractivity contribution is 5.78. The van der Waals surface area contributed by atoms with E-state index in [0.717, 1.165) is 17.1 Å². The Morgan fingerprint density at radius 1 is 1.25 bits per heavy atom. The van der Waals surface area contributed by atoms with Crippen LogP contribution in [0.15, 0.2) is 18.2 Å². The van der Waals surface area contributed by atoms with Crippen LogP contribution in [0.2, 0.25) is 0 Å². The van der Waals surface area contributed by atoms with Crippen molar-refractivity contribution in [1.29, 1.82) is 0 Å². The van der Waals surface area contributed by atoms with Crippen LogP contribution in [0.3, 0.4) is 0 Å². The Bertz CT molecular complexity index is 480. The molecule has 20 heavy (non-hydrogen) atoms. The SMILES string of the molecule is CC(C)(C)NC(=O)CNCc1cccc2c1OCCO2. The lowest BCUT2D eigenvalue weighted by Crippen LogP contribution is -2.44. The van der Waals surface area contributed by atoms with Gasteiger partial charge < -0.3 is 20.1 Å². The van der Waals surface area contributed by atoms with Crippen LogP contribution in [0.1, 0.15) is 26.3 Å². The minimum atomic E-state index is -0.207. The number of hydrogen-bond donors (Lipinski definition) is 2. The van der Waals surface area contributed by atoms with Crippen molar-refractivity contribution in [3.63, 3.8) is 0 Å². The Morgan fingerprint density at radius 2 is 2.00 bits per heavy atom. The number of benzene rings is 1. The molecule has 1 aliphatic heterocycles. The van der Waals surface area contributed by atoms with Gasteiger partial charge in [0.1, 0.15) is 13.2 Å². The second-order valence-electron chi connectivity index (χ2n) is 5.84. The highest BCUT2D eigenvalue weighted by Gasteiger charge is 2.16. The van der Waals surface area contributed by atoms with E-state index in [4.69, 9.17) is 9.47 Å². The second-order valence-corrected chi connectivity index (χ2v) is 5.84. The van der Waals surface area contributed by atoms with Crippen molar-refractivity contribution < 1.29 is 14.3 Å². The summed E-state index contributed by atoms with van der Waals surface area (Å²) in [7, 11) is 0. The van der Waals surface area contributed by atoms with Crippen molar-refractivity contribution in [3.05, 3.63) is 23.8 Å². The molecule has 0 saturated heterocycles. The van der Waals surface area contributed by atoms with Crippen molar-refractivity contribution in [3.8, 4) is 11.5 Å². The minimum Gasteiger partial charge on any atom is -0.486 e. The Balaban J connectivity index is 1.87. The Labute approximate surface area is 119 Å². The molecule has 2 N–H and O–H groups in total. The molecule has 1 aliphatic rings. The van der Waals surface area contributed by atoms with Gasteiger partial charge in [-0.2, -0.15) is 0 Å². The van der Waals surface area contributed by atoms with Crippen LogP contribution in [0.5, 0.6) is 11.5 Å². The first kappa shape index (κ1) is 14.7. The first-order valence-electron chi connectivity index (χ1n) is 6.85. The summed E-state index contributed by atoms with van der Waals surface area (Å²) >= 11 is 0. The van der Waals surface area contributed by atoms with Gasteiger partial charge in [-0.25, -0.2) is 0 Å². The number of para-hydroxylation sites is 1. The molecule has 5 heteroatoms. The minimum absolute atomic E-state index is 0.0144. The number of fused-ring (bicyclic) bond motifs is 1. The Morgan fingerprint density at radius 3 is 2.75 bits per heavy atom. The van der Waals surface area contributed by atoms with Crippen LogP contribution in [-0.4, -0.2) is 31.2 Å². The lowest BCUT2D eigenvalue weighted by atomic mass is 10.1. The van der Waals surface area contributed by atoms with Gasteiger partial charge in [0.05, 0.1) is 6.54 Å². The number of nitrogens with one attached hydrogen (secondary N) is 2. The lowest BCUT2D eigenvalue weighted by Gasteiger charge is -2.22. The molecule has 1 aromatic rings. The maximum Gasteiger partial charge on any atom is 0.234 e. The molecule has 2 rings (SSSR count). The first-order chi connectivity index (χ1) is 9.46. The number of amides is 1. The molecule has 0 spiro atoms. The third kappa shape index (κ3) is 4.13. The highest BCUT2D eigenvalue weighted by Crippen LogP contribution is 2.33. The number of carbonyl (C=O) groups is 1. The average molecular weight is 278 g/mol. The van der Waals surface area contributed by atoms with Gasteiger partial charge in [0.2, 0.25) is 5.91 Å². The molecule has 0 aromatic heterocycles. The molecule has 0 aliphatic carbocycles. The van der Waals surface area contributed by atoms with Crippen LogP contribution in [0.25, 0.3) is 0 Å². The van der Waals surface area contributed by atoms with Crippen LogP contribution in [-0.2, 0) is 11.3 Å². The summed E-state index contributed by atoms with van der Waals surface area (Å²) < 4.78 is 11.2. The largest absolute Gasteiger partial charge is 0.486 e. The summed E-state index contributed by atoms with van der Waals surface area (Å²) in [5, 5.41) is 6.04. The number of rotatable bonds is 4. The summed E-state index contributed by atoms with van der Waals surface area (Å²) in [4.78, 5) is 11.7. The van der Waals surface area contributed by atoms with E-state index in [1.807, 2.05) is 39.0 Å². The fraction of sp³-hybridized carbons (Fsp3) is 0.533. The van der Waals surface area contributed by atoms with E-state index in [0.29, 0.717) is 19.8 Å². The molecule has 0 unspecified atom stereocenters. The van der Waals surface area contributed by atoms with Gasteiger partial charge in [-0.3, -0.25) is 4.79 Å². The molecule has 5 nitrogen and oxygen atoms in total. The van der Waals surface area contributed by atoms with Gasteiger partial charge in [-0.15, -0.1) is 0 Å². The zero-order chi connectivity index (χ0) is 14.6. The number of carbonyl (C=O) groups excluding carboxylic acids is 1. The van der Waals surface area contributed by atoms with Gasteiger partial charge in [0.25, 0.3) is 0 Å². The standard InChI is InChI=1S/C15H22N2O3/c1-15(2,3)17-13(18)10-16-9-11-5-4-6-12-14(11)20-8-7-19-12/h4-6,16H,7-10H2,1-3H3,(H,17,18). The molecule has 0 radical (unpaired) electrons. The summed E-state index contributed by atoms with van der Waals surface area (Å²) in [6.07, 6.45) is 0. The molecular formula is C15H22N2O3. The summed E-state index contributed by atoms with van der Waals surface area (Å²) in [6, 6.07) is 5.80. The monoisotopic (exact) mass is 278 g/mol. The van der Waals surface area contributed by atoms with E-state index in [9.17, 15) is 4.79 Å². The predicted octanol–water partition coefficient (Wildman–Crippen LogP) is 1.46. The first-order valence-corrected chi connectivity index (χ1v) is 6.85. The van der Waals surface area contributed by atoms with E-state index in [1.54, 1.807) is 0 Å². The van der Waals surface area contributed by atoms with Crippen molar-refractivity contribution in [2.45, 2.75) is 32.9 Å².